The Kier molecular flexibility index (Phi) is 5.78. The number of rotatable bonds is 5. The molecule has 1 saturated heterocycles. The molecule has 2 aromatic heterocycles. The molecule has 3 heterocycles. The number of aromatic amines is 1. The molecule has 0 spiro atoms. The Morgan fingerprint density at radius 3 is 2.81 bits per heavy atom. The van der Waals surface area contributed by atoms with E-state index in [9.17, 15) is 14.4 Å². The number of carbonyl (C=O) groups is 2. The molecule has 1 aliphatic heterocycles. The summed E-state index contributed by atoms with van der Waals surface area (Å²) < 4.78 is 0. The molecule has 7 nitrogen and oxygen atoms in total. The van der Waals surface area contributed by atoms with Gasteiger partial charge in [-0.15, -0.1) is 0 Å². The van der Waals surface area contributed by atoms with Crippen molar-refractivity contribution in [2.24, 2.45) is 5.92 Å². The van der Waals surface area contributed by atoms with Crippen LogP contribution in [0.4, 0.5) is 0 Å². The third-order valence-corrected chi connectivity index (χ3v) is 5.10. The number of hydrogen-bond donors (Lipinski definition) is 1. The van der Waals surface area contributed by atoms with Crippen molar-refractivity contribution in [2.75, 3.05) is 13.1 Å². The zero-order chi connectivity index (χ0) is 19.4. The van der Waals surface area contributed by atoms with Crippen molar-refractivity contribution in [2.45, 2.75) is 39.5 Å². The highest BCUT2D eigenvalue weighted by Crippen LogP contribution is 2.21. The summed E-state index contributed by atoms with van der Waals surface area (Å²) >= 11 is 0. The second-order valence-electron chi connectivity index (χ2n) is 6.99. The lowest BCUT2D eigenvalue weighted by atomic mass is 9.91. The van der Waals surface area contributed by atoms with Gasteiger partial charge in [0.05, 0.1) is 0 Å². The van der Waals surface area contributed by atoms with Gasteiger partial charge >= 0.3 is 5.69 Å². The smallest absolute Gasteiger partial charge is 0.342 e. The summed E-state index contributed by atoms with van der Waals surface area (Å²) in [6.45, 7) is 4.71. The van der Waals surface area contributed by atoms with Crippen LogP contribution in [0.3, 0.4) is 0 Å². The van der Waals surface area contributed by atoms with Crippen LogP contribution < -0.4 is 5.69 Å². The second-order valence-corrected chi connectivity index (χ2v) is 6.99. The molecule has 0 bridgehead atoms. The monoisotopic (exact) mass is 368 g/mol. The SMILES string of the molecule is Cc1nc(=O)[nH]c(C)c1CCC(=O)N1CCCC(C(=O)c2ccccn2)C1. The van der Waals surface area contributed by atoms with Gasteiger partial charge in [0.25, 0.3) is 0 Å². The van der Waals surface area contributed by atoms with Crippen LogP contribution in [-0.2, 0) is 11.2 Å². The van der Waals surface area contributed by atoms with Gasteiger partial charge in [0.2, 0.25) is 5.91 Å². The van der Waals surface area contributed by atoms with Gasteiger partial charge in [-0.1, -0.05) is 6.07 Å². The molecule has 1 unspecified atom stereocenters. The molecule has 0 aliphatic carbocycles. The first-order valence-electron chi connectivity index (χ1n) is 9.25. The van der Waals surface area contributed by atoms with E-state index in [2.05, 4.69) is 15.0 Å². The van der Waals surface area contributed by atoms with Crippen molar-refractivity contribution >= 4 is 11.7 Å². The fourth-order valence-electron chi connectivity index (χ4n) is 3.65. The number of H-pyrrole nitrogens is 1. The number of nitrogens with one attached hydrogen (secondary N) is 1. The Morgan fingerprint density at radius 1 is 1.30 bits per heavy atom. The van der Waals surface area contributed by atoms with Crippen LogP contribution in [0.25, 0.3) is 0 Å². The number of carbonyl (C=O) groups excluding carboxylic acids is 2. The summed E-state index contributed by atoms with van der Waals surface area (Å²) in [4.78, 5) is 49.2. The Bertz CT molecular complexity index is 866. The van der Waals surface area contributed by atoms with E-state index in [-0.39, 0.29) is 23.3 Å². The first kappa shape index (κ1) is 18.9. The minimum absolute atomic E-state index is 0.00428. The third kappa shape index (κ3) is 4.48. The highest BCUT2D eigenvalue weighted by molar-refractivity contribution is 5.96. The second kappa shape index (κ2) is 8.24. The molecule has 2 aromatic rings. The fraction of sp³-hybridized carbons (Fsp3) is 0.450. The number of likely N-dealkylation sites (tertiary alicyclic amines) is 1. The van der Waals surface area contributed by atoms with E-state index in [4.69, 9.17) is 0 Å². The molecule has 1 amide bonds. The van der Waals surface area contributed by atoms with E-state index in [1.807, 2.05) is 6.92 Å². The number of Topliss-reactive ketones (excluding diaryl/α,β-unsaturated/α-hetero) is 1. The van der Waals surface area contributed by atoms with E-state index >= 15 is 0 Å². The van der Waals surface area contributed by atoms with Gasteiger partial charge in [-0.2, -0.15) is 4.98 Å². The molecule has 0 aromatic carbocycles. The molecule has 1 fully saturated rings. The molecule has 142 valence electrons. The number of nitrogens with zero attached hydrogens (tertiary/aromatic N) is 3. The molecule has 7 heteroatoms. The van der Waals surface area contributed by atoms with Crippen molar-refractivity contribution < 1.29 is 9.59 Å². The van der Waals surface area contributed by atoms with Crippen LogP contribution in [0.2, 0.25) is 0 Å². The predicted molar refractivity (Wildman–Crippen MR) is 101 cm³/mol. The summed E-state index contributed by atoms with van der Waals surface area (Å²) in [6, 6.07) is 5.30. The Balaban J connectivity index is 1.62. The summed E-state index contributed by atoms with van der Waals surface area (Å²) in [5, 5.41) is 0. The van der Waals surface area contributed by atoms with Crippen LogP contribution in [0.5, 0.6) is 0 Å². The summed E-state index contributed by atoms with van der Waals surface area (Å²) in [5.74, 6) is -0.168. The van der Waals surface area contributed by atoms with Gasteiger partial charge in [0.15, 0.2) is 5.78 Å². The molecule has 1 N–H and O–H groups in total. The van der Waals surface area contributed by atoms with Gasteiger partial charge in [0, 0.05) is 43.0 Å². The minimum atomic E-state index is -0.369. The zero-order valence-corrected chi connectivity index (χ0v) is 15.7. The number of aromatic nitrogens is 3. The molecule has 0 saturated carbocycles. The largest absolute Gasteiger partial charge is 0.345 e. The van der Waals surface area contributed by atoms with Crippen molar-refractivity contribution in [3.8, 4) is 0 Å². The molecule has 3 rings (SSSR count). The molecular formula is C20H24N4O3. The maximum atomic E-state index is 12.7. The predicted octanol–water partition coefficient (Wildman–Crippen LogP) is 1.84. The summed E-state index contributed by atoms with van der Waals surface area (Å²) in [5.41, 5.74) is 2.41. The molecule has 0 radical (unpaired) electrons. The van der Waals surface area contributed by atoms with Gasteiger partial charge in [-0.05, 0) is 50.8 Å². The maximum Gasteiger partial charge on any atom is 0.345 e. The first-order valence-corrected chi connectivity index (χ1v) is 9.25. The first-order chi connectivity index (χ1) is 13.0. The standard InChI is InChI=1S/C20H24N4O3/c1-13-16(14(2)23-20(27)22-13)8-9-18(25)24-11-5-6-15(12-24)19(26)17-7-3-4-10-21-17/h3-4,7,10,15H,5-6,8-9,11-12H2,1-2H3,(H,22,23,27). The maximum absolute atomic E-state index is 12.7. The number of piperidine rings is 1. The quantitative estimate of drug-likeness (QED) is 0.813. The molecule has 1 atom stereocenters. The van der Waals surface area contributed by atoms with E-state index in [0.29, 0.717) is 37.3 Å². The van der Waals surface area contributed by atoms with Crippen LogP contribution in [-0.4, -0.2) is 44.6 Å². The average molecular weight is 368 g/mol. The fourth-order valence-corrected chi connectivity index (χ4v) is 3.65. The van der Waals surface area contributed by atoms with Crippen LogP contribution in [0.1, 0.15) is 46.7 Å². The van der Waals surface area contributed by atoms with E-state index in [0.717, 1.165) is 24.1 Å². The number of hydrogen-bond acceptors (Lipinski definition) is 5. The van der Waals surface area contributed by atoms with Crippen molar-refractivity contribution in [1.82, 2.24) is 19.9 Å². The van der Waals surface area contributed by atoms with E-state index < -0.39 is 0 Å². The number of ketones is 1. The zero-order valence-electron chi connectivity index (χ0n) is 15.7. The number of pyridine rings is 1. The molecule has 1 aliphatic rings. The Labute approximate surface area is 157 Å². The minimum Gasteiger partial charge on any atom is -0.342 e. The summed E-state index contributed by atoms with van der Waals surface area (Å²) in [6.07, 6.45) is 4.06. The highest BCUT2D eigenvalue weighted by atomic mass is 16.2. The topological polar surface area (TPSA) is 96.0 Å². The normalized spacial score (nSPS) is 17.0. The van der Waals surface area contributed by atoms with Crippen molar-refractivity contribution in [1.29, 1.82) is 0 Å². The number of aryl methyl sites for hydroxylation is 2. The third-order valence-electron chi connectivity index (χ3n) is 5.10. The molecular weight excluding hydrogens is 344 g/mol. The summed E-state index contributed by atoms with van der Waals surface area (Å²) in [7, 11) is 0. The van der Waals surface area contributed by atoms with Crippen molar-refractivity contribution in [3.05, 3.63) is 57.5 Å². The Morgan fingerprint density at radius 2 is 2.11 bits per heavy atom. The van der Waals surface area contributed by atoms with Gasteiger partial charge < -0.3 is 9.88 Å². The van der Waals surface area contributed by atoms with Gasteiger partial charge in [0.1, 0.15) is 5.69 Å². The van der Waals surface area contributed by atoms with E-state index in [1.54, 1.807) is 36.2 Å². The van der Waals surface area contributed by atoms with Gasteiger partial charge in [-0.3, -0.25) is 14.6 Å². The average Bonchev–Trinajstić information content (AvgIpc) is 2.67. The lowest BCUT2D eigenvalue weighted by Crippen LogP contribution is -2.42. The lowest BCUT2D eigenvalue weighted by Gasteiger charge is -2.32. The van der Waals surface area contributed by atoms with Crippen molar-refractivity contribution in [3.63, 3.8) is 0 Å². The lowest BCUT2D eigenvalue weighted by molar-refractivity contribution is -0.132. The van der Waals surface area contributed by atoms with Gasteiger partial charge in [-0.25, -0.2) is 4.79 Å². The molecule has 27 heavy (non-hydrogen) atoms. The van der Waals surface area contributed by atoms with Crippen LogP contribution in [0.15, 0.2) is 29.2 Å². The Hall–Kier alpha value is -2.83. The van der Waals surface area contributed by atoms with Crippen LogP contribution in [0, 0.1) is 19.8 Å². The number of amides is 1. The highest BCUT2D eigenvalue weighted by Gasteiger charge is 2.29. The van der Waals surface area contributed by atoms with Crippen LogP contribution >= 0.6 is 0 Å². The van der Waals surface area contributed by atoms with E-state index in [1.165, 1.54) is 0 Å².